The number of carbonyl (C=O) groups is 1. The van der Waals surface area contributed by atoms with Crippen LogP contribution >= 0.6 is 0 Å². The van der Waals surface area contributed by atoms with Crippen LogP contribution < -0.4 is 9.64 Å². The first-order chi connectivity index (χ1) is 10.1. The SMILES string of the molecule is CN(C)CCOc1ccc(N(C)C(=O)[C@H]2CCOC2)cc1. The van der Waals surface area contributed by atoms with Gasteiger partial charge in [-0.2, -0.15) is 0 Å². The van der Waals surface area contributed by atoms with Gasteiger partial charge in [0.05, 0.1) is 12.5 Å². The van der Waals surface area contributed by atoms with E-state index in [0.717, 1.165) is 24.4 Å². The maximum Gasteiger partial charge on any atom is 0.232 e. The van der Waals surface area contributed by atoms with Crippen LogP contribution in [0.3, 0.4) is 0 Å². The van der Waals surface area contributed by atoms with Crippen LogP contribution in [-0.4, -0.2) is 58.3 Å². The van der Waals surface area contributed by atoms with E-state index in [1.165, 1.54) is 0 Å². The lowest BCUT2D eigenvalue weighted by molar-refractivity contribution is -0.122. The predicted octanol–water partition coefficient (Wildman–Crippen LogP) is 1.63. The topological polar surface area (TPSA) is 42.0 Å². The van der Waals surface area contributed by atoms with Crippen molar-refractivity contribution in [1.82, 2.24) is 4.90 Å². The number of benzene rings is 1. The first-order valence-electron chi connectivity index (χ1n) is 7.31. The molecule has 1 amide bonds. The Labute approximate surface area is 126 Å². The summed E-state index contributed by atoms with van der Waals surface area (Å²) < 4.78 is 10.9. The number of ether oxygens (including phenoxy) is 2. The highest BCUT2D eigenvalue weighted by Crippen LogP contribution is 2.22. The molecule has 1 aromatic carbocycles. The summed E-state index contributed by atoms with van der Waals surface area (Å²) in [6.45, 7) is 2.75. The quantitative estimate of drug-likeness (QED) is 0.799. The number of rotatable bonds is 6. The van der Waals surface area contributed by atoms with Crippen molar-refractivity contribution in [2.75, 3.05) is 52.4 Å². The molecule has 0 N–H and O–H groups in total. The molecular weight excluding hydrogens is 268 g/mol. The molecule has 0 radical (unpaired) electrons. The third-order valence-electron chi connectivity index (χ3n) is 3.64. The molecule has 0 aliphatic carbocycles. The van der Waals surface area contributed by atoms with Gasteiger partial charge >= 0.3 is 0 Å². The van der Waals surface area contributed by atoms with Crippen molar-refractivity contribution < 1.29 is 14.3 Å². The summed E-state index contributed by atoms with van der Waals surface area (Å²) in [6, 6.07) is 7.64. The monoisotopic (exact) mass is 292 g/mol. The predicted molar refractivity (Wildman–Crippen MR) is 82.8 cm³/mol. The molecule has 116 valence electrons. The van der Waals surface area contributed by atoms with E-state index in [-0.39, 0.29) is 11.8 Å². The molecule has 1 atom stereocenters. The van der Waals surface area contributed by atoms with E-state index < -0.39 is 0 Å². The molecular formula is C16H24N2O3. The zero-order valence-electron chi connectivity index (χ0n) is 13.0. The highest BCUT2D eigenvalue weighted by Gasteiger charge is 2.26. The van der Waals surface area contributed by atoms with Crippen molar-refractivity contribution in [3.63, 3.8) is 0 Å². The smallest absolute Gasteiger partial charge is 0.232 e. The summed E-state index contributed by atoms with van der Waals surface area (Å²) in [5.41, 5.74) is 0.881. The summed E-state index contributed by atoms with van der Waals surface area (Å²) in [6.07, 6.45) is 0.814. The van der Waals surface area contributed by atoms with Gasteiger partial charge in [0.25, 0.3) is 0 Å². The minimum Gasteiger partial charge on any atom is -0.492 e. The second kappa shape index (κ2) is 7.43. The number of anilines is 1. The molecule has 1 aromatic rings. The average Bonchev–Trinajstić information content (AvgIpc) is 3.00. The lowest BCUT2D eigenvalue weighted by Crippen LogP contribution is -2.33. The van der Waals surface area contributed by atoms with E-state index in [1.54, 1.807) is 4.90 Å². The lowest BCUT2D eigenvalue weighted by Gasteiger charge is -2.20. The third kappa shape index (κ3) is 4.44. The molecule has 0 aromatic heterocycles. The Kier molecular flexibility index (Phi) is 5.59. The van der Waals surface area contributed by atoms with Crippen LogP contribution in [-0.2, 0) is 9.53 Å². The molecule has 0 saturated carbocycles. The van der Waals surface area contributed by atoms with E-state index in [9.17, 15) is 4.79 Å². The van der Waals surface area contributed by atoms with E-state index in [1.807, 2.05) is 45.4 Å². The van der Waals surface area contributed by atoms with Gasteiger partial charge in [-0.15, -0.1) is 0 Å². The van der Waals surface area contributed by atoms with Gasteiger partial charge < -0.3 is 19.3 Å². The van der Waals surface area contributed by atoms with Gasteiger partial charge in [-0.05, 0) is 44.8 Å². The molecule has 21 heavy (non-hydrogen) atoms. The maximum absolute atomic E-state index is 12.3. The van der Waals surface area contributed by atoms with Crippen molar-refractivity contribution in [2.45, 2.75) is 6.42 Å². The average molecular weight is 292 g/mol. The molecule has 5 heteroatoms. The summed E-state index contributed by atoms with van der Waals surface area (Å²) in [7, 11) is 5.84. The highest BCUT2D eigenvalue weighted by molar-refractivity contribution is 5.94. The standard InChI is InChI=1S/C16H24N2O3/c1-17(2)9-11-21-15-6-4-14(5-7-15)18(3)16(19)13-8-10-20-12-13/h4-7,13H,8-12H2,1-3H3/t13-/m0/s1. The fraction of sp³-hybridized carbons (Fsp3) is 0.562. The zero-order valence-corrected chi connectivity index (χ0v) is 13.0. The first kappa shape index (κ1) is 15.8. The van der Waals surface area contributed by atoms with Gasteiger partial charge in [0, 0.05) is 25.9 Å². The molecule has 0 bridgehead atoms. The normalized spacial score (nSPS) is 18.0. The van der Waals surface area contributed by atoms with Crippen molar-refractivity contribution in [2.24, 2.45) is 5.92 Å². The van der Waals surface area contributed by atoms with Gasteiger partial charge in [0.2, 0.25) is 5.91 Å². The largest absolute Gasteiger partial charge is 0.492 e. The van der Waals surface area contributed by atoms with Crippen molar-refractivity contribution in [3.8, 4) is 5.75 Å². The van der Waals surface area contributed by atoms with Gasteiger partial charge in [-0.1, -0.05) is 0 Å². The Morgan fingerprint density at radius 2 is 2.00 bits per heavy atom. The third-order valence-corrected chi connectivity index (χ3v) is 3.64. The van der Waals surface area contributed by atoms with Crippen LogP contribution in [0.15, 0.2) is 24.3 Å². The van der Waals surface area contributed by atoms with Crippen molar-refractivity contribution in [1.29, 1.82) is 0 Å². The zero-order chi connectivity index (χ0) is 15.2. The Morgan fingerprint density at radius 1 is 1.29 bits per heavy atom. The molecule has 1 aliphatic rings. The second-order valence-corrected chi connectivity index (χ2v) is 5.60. The van der Waals surface area contributed by atoms with E-state index in [0.29, 0.717) is 19.8 Å². The molecule has 1 saturated heterocycles. The second-order valence-electron chi connectivity index (χ2n) is 5.60. The summed E-state index contributed by atoms with van der Waals surface area (Å²) in [4.78, 5) is 16.1. The lowest BCUT2D eigenvalue weighted by atomic mass is 10.1. The Hall–Kier alpha value is -1.59. The molecule has 1 fully saturated rings. The van der Waals surface area contributed by atoms with Crippen LogP contribution in [0.1, 0.15) is 6.42 Å². The van der Waals surface area contributed by atoms with Gasteiger partial charge in [0.15, 0.2) is 0 Å². The van der Waals surface area contributed by atoms with Crippen LogP contribution in [0.2, 0.25) is 0 Å². The fourth-order valence-electron chi connectivity index (χ4n) is 2.24. The van der Waals surface area contributed by atoms with Gasteiger partial charge in [-0.25, -0.2) is 0 Å². The number of likely N-dealkylation sites (N-methyl/N-ethyl adjacent to an activating group) is 1. The Bertz CT molecular complexity index is 453. The number of nitrogens with zero attached hydrogens (tertiary/aromatic N) is 2. The molecule has 0 spiro atoms. The summed E-state index contributed by atoms with van der Waals surface area (Å²) >= 11 is 0. The van der Waals surface area contributed by atoms with E-state index in [4.69, 9.17) is 9.47 Å². The van der Waals surface area contributed by atoms with Crippen LogP contribution in [0.4, 0.5) is 5.69 Å². The maximum atomic E-state index is 12.3. The molecule has 0 unspecified atom stereocenters. The fourth-order valence-corrected chi connectivity index (χ4v) is 2.24. The van der Waals surface area contributed by atoms with Gasteiger partial charge in [-0.3, -0.25) is 4.79 Å². The van der Waals surface area contributed by atoms with Crippen molar-refractivity contribution in [3.05, 3.63) is 24.3 Å². The first-order valence-corrected chi connectivity index (χ1v) is 7.31. The van der Waals surface area contributed by atoms with Crippen LogP contribution in [0.25, 0.3) is 0 Å². The minimum atomic E-state index is -0.00832. The molecule has 1 aliphatic heterocycles. The highest BCUT2D eigenvalue weighted by atomic mass is 16.5. The van der Waals surface area contributed by atoms with E-state index >= 15 is 0 Å². The number of hydrogen-bond acceptors (Lipinski definition) is 4. The van der Waals surface area contributed by atoms with Crippen LogP contribution in [0.5, 0.6) is 5.75 Å². The molecule has 2 rings (SSSR count). The molecule has 1 heterocycles. The van der Waals surface area contributed by atoms with Crippen molar-refractivity contribution >= 4 is 11.6 Å². The number of amides is 1. The summed E-state index contributed by atoms with van der Waals surface area (Å²) in [5, 5.41) is 0. The summed E-state index contributed by atoms with van der Waals surface area (Å²) in [5.74, 6) is 0.936. The van der Waals surface area contributed by atoms with Crippen LogP contribution in [0, 0.1) is 5.92 Å². The molecule has 5 nitrogen and oxygen atoms in total. The van der Waals surface area contributed by atoms with E-state index in [2.05, 4.69) is 4.90 Å². The number of carbonyl (C=O) groups excluding carboxylic acids is 1. The van der Waals surface area contributed by atoms with Gasteiger partial charge in [0.1, 0.15) is 12.4 Å². The minimum absolute atomic E-state index is 0.00832. The Morgan fingerprint density at radius 3 is 2.57 bits per heavy atom. The number of hydrogen-bond donors (Lipinski definition) is 0. The Balaban J connectivity index is 1.90.